The van der Waals surface area contributed by atoms with Crippen molar-refractivity contribution in [1.82, 2.24) is 10.2 Å². The first-order valence-electron chi connectivity index (χ1n) is 5.22. The first-order chi connectivity index (χ1) is 6.99. The predicted molar refractivity (Wildman–Crippen MR) is 55.6 cm³/mol. The maximum absolute atomic E-state index is 11.5. The molecule has 0 heterocycles. The molecule has 0 aromatic rings. The normalized spacial score (nSPS) is 16.9. The van der Waals surface area contributed by atoms with Crippen molar-refractivity contribution in [3.05, 3.63) is 0 Å². The fourth-order valence-electron chi connectivity index (χ4n) is 1.40. The molecule has 0 aromatic heterocycles. The molecule has 0 aromatic carbocycles. The molecule has 0 spiro atoms. The van der Waals surface area contributed by atoms with Crippen molar-refractivity contribution < 1.29 is 14.7 Å². The number of amides is 2. The first kappa shape index (κ1) is 11.8. The van der Waals surface area contributed by atoms with Gasteiger partial charge in [0, 0.05) is 19.6 Å². The molecule has 0 aliphatic heterocycles. The second-order valence-electron chi connectivity index (χ2n) is 4.27. The van der Waals surface area contributed by atoms with Gasteiger partial charge in [0.15, 0.2) is 0 Å². The number of carbonyl (C=O) groups is 2. The summed E-state index contributed by atoms with van der Waals surface area (Å²) in [5.74, 6) is -0.247. The molecule has 5 nitrogen and oxygen atoms in total. The van der Waals surface area contributed by atoms with E-state index in [1.165, 1.54) is 12.8 Å². The Bertz CT molecular complexity index is 251. The van der Waals surface area contributed by atoms with E-state index in [0.29, 0.717) is 5.92 Å². The molecular weight excluding hydrogens is 196 g/mol. The number of urea groups is 1. The minimum atomic E-state index is -0.896. The van der Waals surface area contributed by atoms with Crippen molar-refractivity contribution in [3.8, 4) is 0 Å². The summed E-state index contributed by atoms with van der Waals surface area (Å²) in [6.45, 7) is 2.46. The van der Waals surface area contributed by atoms with E-state index in [0.717, 1.165) is 6.54 Å². The zero-order valence-corrected chi connectivity index (χ0v) is 9.19. The highest BCUT2D eigenvalue weighted by molar-refractivity contribution is 5.75. The zero-order valence-electron chi connectivity index (χ0n) is 9.19. The summed E-state index contributed by atoms with van der Waals surface area (Å²) < 4.78 is 0. The van der Waals surface area contributed by atoms with Crippen molar-refractivity contribution in [3.63, 3.8) is 0 Å². The predicted octanol–water partition coefficient (Wildman–Crippen LogP) is 0.901. The second-order valence-corrected chi connectivity index (χ2v) is 4.27. The zero-order chi connectivity index (χ0) is 11.4. The van der Waals surface area contributed by atoms with Gasteiger partial charge >= 0.3 is 12.0 Å². The number of carbonyl (C=O) groups excluding carboxylic acids is 1. The summed E-state index contributed by atoms with van der Waals surface area (Å²) in [6, 6.07) is -0.507. The molecule has 2 N–H and O–H groups in total. The van der Waals surface area contributed by atoms with Crippen molar-refractivity contribution in [2.45, 2.75) is 32.2 Å². The Hall–Kier alpha value is -1.26. The topological polar surface area (TPSA) is 69.6 Å². The van der Waals surface area contributed by atoms with E-state index >= 15 is 0 Å². The summed E-state index contributed by atoms with van der Waals surface area (Å²) in [6.07, 6.45) is 2.35. The standard InChI is InChI=1S/C10H18N2O3/c1-7(5-9(13)14)11-10(15)12(2)6-8-3-4-8/h7-8H,3-6H2,1-2H3,(H,11,15)(H,13,14). The Kier molecular flexibility index (Phi) is 3.94. The smallest absolute Gasteiger partial charge is 0.317 e. The Balaban J connectivity index is 2.23. The molecular formula is C10H18N2O3. The van der Waals surface area contributed by atoms with Gasteiger partial charge in [0.25, 0.3) is 0 Å². The minimum absolute atomic E-state index is 0.0387. The lowest BCUT2D eigenvalue weighted by Gasteiger charge is -2.20. The highest BCUT2D eigenvalue weighted by atomic mass is 16.4. The molecule has 0 bridgehead atoms. The van der Waals surface area contributed by atoms with Crippen molar-refractivity contribution >= 4 is 12.0 Å². The third-order valence-corrected chi connectivity index (χ3v) is 2.43. The van der Waals surface area contributed by atoms with Crippen LogP contribution < -0.4 is 5.32 Å². The molecule has 1 unspecified atom stereocenters. The monoisotopic (exact) mass is 214 g/mol. The average Bonchev–Trinajstić information content (AvgIpc) is 2.86. The number of carboxylic acid groups (broad SMARTS) is 1. The van der Waals surface area contributed by atoms with Gasteiger partial charge in [0.05, 0.1) is 6.42 Å². The number of hydrogen-bond acceptors (Lipinski definition) is 2. The summed E-state index contributed by atoms with van der Waals surface area (Å²) in [5, 5.41) is 11.2. The number of hydrogen-bond donors (Lipinski definition) is 2. The van der Waals surface area contributed by atoms with E-state index in [1.54, 1.807) is 18.9 Å². The van der Waals surface area contributed by atoms with E-state index in [4.69, 9.17) is 5.11 Å². The van der Waals surface area contributed by atoms with Crippen molar-refractivity contribution in [2.24, 2.45) is 5.92 Å². The van der Waals surface area contributed by atoms with E-state index in [9.17, 15) is 9.59 Å². The van der Waals surface area contributed by atoms with Gasteiger partial charge in [-0.2, -0.15) is 0 Å². The van der Waals surface area contributed by atoms with Gasteiger partial charge in [-0.3, -0.25) is 4.79 Å². The van der Waals surface area contributed by atoms with Gasteiger partial charge in [-0.1, -0.05) is 0 Å². The molecule has 5 heteroatoms. The second kappa shape index (κ2) is 5.00. The van der Waals surface area contributed by atoms with Gasteiger partial charge in [0.2, 0.25) is 0 Å². The molecule has 86 valence electrons. The largest absolute Gasteiger partial charge is 0.481 e. The SMILES string of the molecule is CC(CC(=O)O)NC(=O)N(C)CC1CC1. The lowest BCUT2D eigenvalue weighted by atomic mass is 10.2. The van der Waals surface area contributed by atoms with Crippen LogP contribution in [0.25, 0.3) is 0 Å². The van der Waals surface area contributed by atoms with Crippen LogP contribution in [0, 0.1) is 5.92 Å². The van der Waals surface area contributed by atoms with Crippen LogP contribution in [0.5, 0.6) is 0 Å². The van der Waals surface area contributed by atoms with Crippen LogP contribution in [0.2, 0.25) is 0 Å². The fraction of sp³-hybridized carbons (Fsp3) is 0.800. The van der Waals surface area contributed by atoms with Crippen LogP contribution in [0.15, 0.2) is 0 Å². The van der Waals surface area contributed by atoms with Gasteiger partial charge in [-0.15, -0.1) is 0 Å². The molecule has 1 aliphatic rings. The third kappa shape index (κ3) is 4.67. The van der Waals surface area contributed by atoms with Crippen LogP contribution in [0.1, 0.15) is 26.2 Å². The Morgan fingerprint density at radius 2 is 2.13 bits per heavy atom. The first-order valence-corrected chi connectivity index (χ1v) is 5.22. The summed E-state index contributed by atoms with van der Waals surface area (Å²) >= 11 is 0. The van der Waals surface area contributed by atoms with Crippen LogP contribution in [0.3, 0.4) is 0 Å². The molecule has 1 fully saturated rings. The van der Waals surface area contributed by atoms with Crippen molar-refractivity contribution in [1.29, 1.82) is 0 Å². The number of carboxylic acids is 1. The van der Waals surface area contributed by atoms with Gasteiger partial charge < -0.3 is 15.3 Å². The Morgan fingerprint density at radius 3 is 2.60 bits per heavy atom. The van der Waals surface area contributed by atoms with Gasteiger partial charge in [0.1, 0.15) is 0 Å². The lowest BCUT2D eigenvalue weighted by Crippen LogP contribution is -2.43. The average molecular weight is 214 g/mol. The highest BCUT2D eigenvalue weighted by Gasteiger charge is 2.25. The van der Waals surface area contributed by atoms with Crippen LogP contribution in [-0.4, -0.2) is 41.6 Å². The maximum atomic E-state index is 11.5. The minimum Gasteiger partial charge on any atom is -0.481 e. The van der Waals surface area contributed by atoms with Gasteiger partial charge in [-0.25, -0.2) is 4.79 Å². The molecule has 1 atom stereocenters. The number of nitrogens with one attached hydrogen (secondary N) is 1. The number of aliphatic carboxylic acids is 1. The van der Waals surface area contributed by atoms with E-state index < -0.39 is 5.97 Å². The van der Waals surface area contributed by atoms with Gasteiger partial charge in [-0.05, 0) is 25.7 Å². The molecule has 1 aliphatic carbocycles. The van der Waals surface area contributed by atoms with Crippen molar-refractivity contribution in [2.75, 3.05) is 13.6 Å². The molecule has 15 heavy (non-hydrogen) atoms. The maximum Gasteiger partial charge on any atom is 0.317 e. The fourth-order valence-corrected chi connectivity index (χ4v) is 1.40. The molecule has 1 saturated carbocycles. The van der Waals surface area contributed by atoms with E-state index in [2.05, 4.69) is 5.32 Å². The van der Waals surface area contributed by atoms with Crippen LogP contribution >= 0.6 is 0 Å². The van der Waals surface area contributed by atoms with Crippen LogP contribution in [0.4, 0.5) is 4.79 Å². The molecule has 0 radical (unpaired) electrons. The van der Waals surface area contributed by atoms with E-state index in [-0.39, 0.29) is 18.5 Å². The Labute approximate surface area is 89.4 Å². The summed E-state index contributed by atoms with van der Waals surface area (Å²) in [5.41, 5.74) is 0. The summed E-state index contributed by atoms with van der Waals surface area (Å²) in [7, 11) is 1.74. The third-order valence-electron chi connectivity index (χ3n) is 2.43. The number of rotatable bonds is 5. The highest BCUT2D eigenvalue weighted by Crippen LogP contribution is 2.29. The molecule has 0 saturated heterocycles. The van der Waals surface area contributed by atoms with Crippen LogP contribution in [-0.2, 0) is 4.79 Å². The molecule has 1 rings (SSSR count). The number of nitrogens with zero attached hydrogens (tertiary/aromatic N) is 1. The molecule has 2 amide bonds. The summed E-state index contributed by atoms with van der Waals surface area (Å²) in [4.78, 5) is 23.5. The lowest BCUT2D eigenvalue weighted by molar-refractivity contribution is -0.137. The van der Waals surface area contributed by atoms with E-state index in [1.807, 2.05) is 0 Å². The Morgan fingerprint density at radius 1 is 1.53 bits per heavy atom. The quantitative estimate of drug-likeness (QED) is 0.714.